The van der Waals surface area contributed by atoms with E-state index in [-0.39, 0.29) is 18.5 Å². The normalized spacial score (nSPS) is 12.2. The summed E-state index contributed by atoms with van der Waals surface area (Å²) >= 11 is 0. The van der Waals surface area contributed by atoms with Gasteiger partial charge in [-0.1, -0.05) is 251 Å². The number of rotatable bonds is 50. The van der Waals surface area contributed by atoms with Gasteiger partial charge in [-0.25, -0.2) is 0 Å². The van der Waals surface area contributed by atoms with Crippen LogP contribution in [0.3, 0.4) is 0 Å². The minimum absolute atomic E-state index is 0.0888. The van der Waals surface area contributed by atoms with Gasteiger partial charge in [0.2, 0.25) is 0 Å². The Kier molecular flexibility index (Phi) is 50.3. The fourth-order valence-corrected chi connectivity index (χ4v) is 7.95. The third-order valence-electron chi connectivity index (χ3n) is 12.0. The lowest BCUT2D eigenvalue weighted by molar-refractivity contribution is -0.163. The Morgan fingerprint density at radius 3 is 1.13 bits per heavy atom. The van der Waals surface area contributed by atoms with E-state index < -0.39 is 6.10 Å². The predicted molar refractivity (Wildman–Crippen MR) is 261 cm³/mol. The second-order valence-corrected chi connectivity index (χ2v) is 18.1. The van der Waals surface area contributed by atoms with Gasteiger partial charge in [-0.2, -0.15) is 0 Å². The summed E-state index contributed by atoms with van der Waals surface area (Å²) in [6.45, 7) is 7.85. The van der Waals surface area contributed by atoms with E-state index in [1.165, 1.54) is 218 Å². The molecule has 0 aromatic heterocycles. The molecule has 0 aromatic rings. The van der Waals surface area contributed by atoms with Crippen molar-refractivity contribution in [3.63, 3.8) is 0 Å². The highest BCUT2D eigenvalue weighted by Crippen LogP contribution is 2.16. The van der Waals surface area contributed by atoms with E-state index in [0.717, 1.165) is 38.5 Å². The molecule has 0 amide bonds. The van der Waals surface area contributed by atoms with Crippen LogP contribution in [0.1, 0.15) is 290 Å². The SMILES string of the molecule is CCCCC/C=C\C/C=C\CCCCCCCCCC(=O)OC[C@@H](COCCCCCCCCCCCCCCCCCC)OC(=O)CCCCCCCCCCCCC. The highest BCUT2D eigenvalue weighted by molar-refractivity contribution is 5.70. The molecule has 0 saturated heterocycles. The summed E-state index contributed by atoms with van der Waals surface area (Å²) in [5.41, 5.74) is 0. The Balaban J connectivity index is 4.19. The average molecular weight is 845 g/mol. The standard InChI is InChI=1S/C55H104O5/c1-4-7-10-13-16-19-22-24-26-28-29-31-34-36-39-42-45-48-54(56)59-52-53(60-55(57)49-46-43-40-37-33-21-18-15-12-9-6-3)51-58-50-47-44-41-38-35-32-30-27-25-23-20-17-14-11-8-5-2/h16,19,24,26,53H,4-15,17-18,20-23,25,27-52H2,1-3H3/b19-16-,26-24-/t53-/m1/s1. The van der Waals surface area contributed by atoms with Crippen LogP contribution in [0.25, 0.3) is 0 Å². The summed E-state index contributed by atoms with van der Waals surface area (Å²) in [7, 11) is 0. The minimum atomic E-state index is -0.530. The van der Waals surface area contributed by atoms with Crippen LogP contribution in [0, 0.1) is 0 Å². The van der Waals surface area contributed by atoms with Gasteiger partial charge in [0.25, 0.3) is 0 Å². The van der Waals surface area contributed by atoms with Gasteiger partial charge in [-0.15, -0.1) is 0 Å². The molecule has 0 spiro atoms. The molecule has 0 aliphatic rings. The van der Waals surface area contributed by atoms with Crippen LogP contribution in [0.5, 0.6) is 0 Å². The average Bonchev–Trinajstić information content (AvgIpc) is 3.25. The van der Waals surface area contributed by atoms with Gasteiger partial charge in [-0.3, -0.25) is 9.59 Å². The van der Waals surface area contributed by atoms with Crippen LogP contribution in [0.4, 0.5) is 0 Å². The molecule has 0 N–H and O–H groups in total. The van der Waals surface area contributed by atoms with Gasteiger partial charge >= 0.3 is 11.9 Å². The van der Waals surface area contributed by atoms with E-state index in [1.807, 2.05) is 0 Å². The minimum Gasteiger partial charge on any atom is -0.462 e. The highest BCUT2D eigenvalue weighted by atomic mass is 16.6. The van der Waals surface area contributed by atoms with Gasteiger partial charge in [0.15, 0.2) is 6.10 Å². The van der Waals surface area contributed by atoms with E-state index in [0.29, 0.717) is 26.1 Å². The number of carbonyl (C=O) groups excluding carboxylic acids is 2. The van der Waals surface area contributed by atoms with Gasteiger partial charge in [-0.05, 0) is 51.4 Å². The van der Waals surface area contributed by atoms with Crippen LogP contribution >= 0.6 is 0 Å². The number of unbranched alkanes of at least 4 members (excludes halogenated alkanes) is 35. The Labute approximate surface area is 375 Å². The lowest BCUT2D eigenvalue weighted by atomic mass is 10.0. The van der Waals surface area contributed by atoms with Crippen molar-refractivity contribution in [1.82, 2.24) is 0 Å². The molecule has 0 aliphatic carbocycles. The van der Waals surface area contributed by atoms with Gasteiger partial charge < -0.3 is 14.2 Å². The van der Waals surface area contributed by atoms with Crippen LogP contribution in [-0.2, 0) is 23.8 Å². The summed E-state index contributed by atoms with van der Waals surface area (Å²) in [5, 5.41) is 0. The molecule has 0 aliphatic heterocycles. The largest absolute Gasteiger partial charge is 0.462 e. The number of ether oxygens (including phenoxy) is 3. The molecule has 354 valence electrons. The van der Waals surface area contributed by atoms with Crippen molar-refractivity contribution in [1.29, 1.82) is 0 Å². The smallest absolute Gasteiger partial charge is 0.306 e. The number of carbonyl (C=O) groups is 2. The monoisotopic (exact) mass is 845 g/mol. The Morgan fingerprint density at radius 1 is 0.367 bits per heavy atom. The molecule has 60 heavy (non-hydrogen) atoms. The third-order valence-corrected chi connectivity index (χ3v) is 12.0. The van der Waals surface area contributed by atoms with E-state index in [9.17, 15) is 9.59 Å². The zero-order chi connectivity index (χ0) is 43.5. The maximum absolute atomic E-state index is 12.8. The molecule has 0 saturated carbocycles. The molecule has 5 nitrogen and oxygen atoms in total. The van der Waals surface area contributed by atoms with Crippen molar-refractivity contribution < 1.29 is 23.8 Å². The van der Waals surface area contributed by atoms with Gasteiger partial charge in [0, 0.05) is 19.4 Å². The van der Waals surface area contributed by atoms with Crippen LogP contribution in [-0.4, -0.2) is 37.9 Å². The van der Waals surface area contributed by atoms with Crippen LogP contribution in [0.15, 0.2) is 24.3 Å². The van der Waals surface area contributed by atoms with Crippen molar-refractivity contribution in [2.45, 2.75) is 297 Å². The quantitative estimate of drug-likeness (QED) is 0.0347. The third kappa shape index (κ3) is 49.0. The van der Waals surface area contributed by atoms with Crippen molar-refractivity contribution >= 4 is 11.9 Å². The zero-order valence-electron chi connectivity index (χ0n) is 40.7. The van der Waals surface area contributed by atoms with E-state index in [4.69, 9.17) is 14.2 Å². The first-order valence-electron chi connectivity index (χ1n) is 26.9. The van der Waals surface area contributed by atoms with E-state index >= 15 is 0 Å². The summed E-state index contributed by atoms with van der Waals surface area (Å²) in [4.78, 5) is 25.4. The van der Waals surface area contributed by atoms with Crippen molar-refractivity contribution in [2.75, 3.05) is 19.8 Å². The Hall–Kier alpha value is -1.62. The lowest BCUT2D eigenvalue weighted by Gasteiger charge is -2.18. The topological polar surface area (TPSA) is 61.8 Å². The van der Waals surface area contributed by atoms with Crippen molar-refractivity contribution in [3.8, 4) is 0 Å². The van der Waals surface area contributed by atoms with Gasteiger partial charge in [0.1, 0.15) is 6.61 Å². The molecule has 1 atom stereocenters. The first-order valence-corrected chi connectivity index (χ1v) is 26.9. The molecule has 5 heteroatoms. The first-order chi connectivity index (χ1) is 29.6. The molecule has 0 heterocycles. The van der Waals surface area contributed by atoms with Crippen LogP contribution in [0.2, 0.25) is 0 Å². The van der Waals surface area contributed by atoms with Gasteiger partial charge in [0.05, 0.1) is 6.61 Å². The van der Waals surface area contributed by atoms with Crippen molar-refractivity contribution in [2.24, 2.45) is 0 Å². The number of esters is 2. The second-order valence-electron chi connectivity index (χ2n) is 18.1. The predicted octanol–water partition coefficient (Wildman–Crippen LogP) is 18.0. The Bertz CT molecular complexity index is 913. The molecule has 0 fully saturated rings. The fourth-order valence-electron chi connectivity index (χ4n) is 7.95. The van der Waals surface area contributed by atoms with E-state index in [1.54, 1.807) is 0 Å². The fraction of sp³-hybridized carbons (Fsp3) is 0.891. The zero-order valence-corrected chi connectivity index (χ0v) is 40.7. The van der Waals surface area contributed by atoms with Crippen molar-refractivity contribution in [3.05, 3.63) is 24.3 Å². The Morgan fingerprint density at radius 2 is 0.700 bits per heavy atom. The molecule has 0 unspecified atom stereocenters. The summed E-state index contributed by atoms with van der Waals surface area (Å²) < 4.78 is 17.4. The first kappa shape index (κ1) is 58.4. The maximum Gasteiger partial charge on any atom is 0.306 e. The molecular formula is C55H104O5. The summed E-state index contributed by atoms with van der Waals surface area (Å²) in [5.74, 6) is -0.388. The van der Waals surface area contributed by atoms with Crippen LogP contribution < -0.4 is 0 Å². The molecule has 0 radical (unpaired) electrons. The molecular weight excluding hydrogens is 741 g/mol. The summed E-state index contributed by atoms with van der Waals surface area (Å²) in [6.07, 6.45) is 60.4. The van der Waals surface area contributed by atoms with E-state index in [2.05, 4.69) is 45.1 Å². The maximum atomic E-state index is 12.8. The lowest BCUT2D eigenvalue weighted by Crippen LogP contribution is -2.30. The second kappa shape index (κ2) is 51.7. The highest BCUT2D eigenvalue weighted by Gasteiger charge is 2.17. The molecule has 0 bridgehead atoms. The number of allylic oxidation sites excluding steroid dienone is 4. The summed E-state index contributed by atoms with van der Waals surface area (Å²) in [6, 6.07) is 0. The number of hydrogen-bond donors (Lipinski definition) is 0. The number of hydrogen-bond acceptors (Lipinski definition) is 5. The molecule has 0 aromatic carbocycles. The molecule has 0 rings (SSSR count).